The Morgan fingerprint density at radius 2 is 1.87 bits per heavy atom. The Balaban J connectivity index is 1.86. The number of Topliss-reactive ketones (excluding diaryl/α,β-unsaturated/α-hetero) is 1. The Hall–Kier alpha value is -3.16. The molecule has 2 aromatic carbocycles. The maximum Gasteiger partial charge on any atom is 0.301 e. The van der Waals surface area contributed by atoms with Gasteiger partial charge < -0.3 is 9.84 Å². The molecule has 3 aromatic rings. The van der Waals surface area contributed by atoms with Gasteiger partial charge in [-0.25, -0.2) is 4.98 Å². The first kappa shape index (κ1) is 20.1. The Kier molecular flexibility index (Phi) is 5.57. The lowest BCUT2D eigenvalue weighted by Crippen LogP contribution is -2.29. The molecule has 1 saturated heterocycles. The molecule has 1 aliphatic heterocycles. The molecule has 0 aliphatic carbocycles. The van der Waals surface area contributed by atoms with Crippen LogP contribution in [0.25, 0.3) is 5.76 Å². The highest BCUT2D eigenvalue weighted by Gasteiger charge is 2.47. The molecule has 1 aliphatic rings. The molecule has 0 saturated carbocycles. The number of carbonyl (C=O) groups is 2. The second-order valence-corrected chi connectivity index (χ2v) is 7.80. The SMILES string of the molecule is CCOc1ccc(C(O)=C2C(=O)C(=O)N(c3nccs3)C2c2ccc(Cl)cc2)cc1. The van der Waals surface area contributed by atoms with Crippen LogP contribution < -0.4 is 9.64 Å². The number of aliphatic hydroxyl groups excluding tert-OH is 1. The van der Waals surface area contributed by atoms with Gasteiger partial charge in [0.1, 0.15) is 11.5 Å². The summed E-state index contributed by atoms with van der Waals surface area (Å²) in [5, 5.41) is 13.7. The number of thiazole rings is 1. The summed E-state index contributed by atoms with van der Waals surface area (Å²) in [4.78, 5) is 31.4. The third-order valence-corrected chi connectivity index (χ3v) is 5.72. The normalized spacial score (nSPS) is 18.1. The lowest BCUT2D eigenvalue weighted by atomic mass is 9.95. The van der Waals surface area contributed by atoms with Gasteiger partial charge in [-0.2, -0.15) is 0 Å². The fraction of sp³-hybridized carbons (Fsp3) is 0.136. The van der Waals surface area contributed by atoms with Gasteiger partial charge >= 0.3 is 5.91 Å². The summed E-state index contributed by atoms with van der Waals surface area (Å²) in [5.74, 6) is -1.11. The van der Waals surface area contributed by atoms with E-state index in [1.165, 1.54) is 16.2 Å². The van der Waals surface area contributed by atoms with Crippen molar-refractivity contribution in [3.8, 4) is 5.75 Å². The highest BCUT2D eigenvalue weighted by atomic mass is 35.5. The van der Waals surface area contributed by atoms with E-state index < -0.39 is 17.7 Å². The Bertz CT molecular complexity index is 1110. The summed E-state index contributed by atoms with van der Waals surface area (Å²) in [5.41, 5.74) is 1.05. The molecule has 30 heavy (non-hydrogen) atoms. The smallest absolute Gasteiger partial charge is 0.301 e. The minimum Gasteiger partial charge on any atom is -0.507 e. The molecule has 1 aromatic heterocycles. The molecule has 0 radical (unpaired) electrons. The van der Waals surface area contributed by atoms with E-state index in [-0.39, 0.29) is 11.3 Å². The second-order valence-electron chi connectivity index (χ2n) is 6.49. The van der Waals surface area contributed by atoms with E-state index in [9.17, 15) is 14.7 Å². The summed E-state index contributed by atoms with van der Waals surface area (Å²) in [6.45, 7) is 2.39. The van der Waals surface area contributed by atoms with E-state index in [0.717, 1.165) is 0 Å². The molecular weight excluding hydrogens is 424 g/mol. The lowest BCUT2D eigenvalue weighted by Gasteiger charge is -2.23. The molecule has 1 amide bonds. The average Bonchev–Trinajstić information content (AvgIpc) is 3.36. The summed E-state index contributed by atoms with van der Waals surface area (Å²) < 4.78 is 5.43. The van der Waals surface area contributed by atoms with Gasteiger partial charge in [0.05, 0.1) is 18.2 Å². The number of halogens is 1. The minimum atomic E-state index is -0.819. The molecular formula is C22H17ClN2O4S. The number of amides is 1. The van der Waals surface area contributed by atoms with Gasteiger partial charge in [0.15, 0.2) is 5.13 Å². The highest BCUT2D eigenvalue weighted by Crippen LogP contribution is 2.42. The van der Waals surface area contributed by atoms with Crippen LogP contribution in [0.3, 0.4) is 0 Å². The largest absolute Gasteiger partial charge is 0.507 e. The number of rotatable bonds is 5. The van der Waals surface area contributed by atoms with E-state index >= 15 is 0 Å². The molecule has 4 rings (SSSR count). The van der Waals surface area contributed by atoms with Crippen LogP contribution in [0.1, 0.15) is 24.1 Å². The quantitative estimate of drug-likeness (QED) is 0.349. The number of aliphatic hydroxyl groups is 1. The van der Waals surface area contributed by atoms with Crippen molar-refractivity contribution in [1.29, 1.82) is 0 Å². The van der Waals surface area contributed by atoms with Crippen LogP contribution in [0.5, 0.6) is 5.75 Å². The van der Waals surface area contributed by atoms with Crippen LogP contribution in [-0.2, 0) is 9.59 Å². The predicted octanol–water partition coefficient (Wildman–Crippen LogP) is 4.82. The van der Waals surface area contributed by atoms with Crippen LogP contribution in [0.4, 0.5) is 5.13 Å². The first-order chi connectivity index (χ1) is 14.5. The zero-order valence-electron chi connectivity index (χ0n) is 15.9. The van der Waals surface area contributed by atoms with Crippen molar-refractivity contribution < 1.29 is 19.4 Å². The molecule has 6 nitrogen and oxygen atoms in total. The van der Waals surface area contributed by atoms with Crippen LogP contribution in [0, 0.1) is 0 Å². The van der Waals surface area contributed by atoms with Crippen LogP contribution in [-0.4, -0.2) is 28.4 Å². The van der Waals surface area contributed by atoms with Crippen molar-refractivity contribution in [2.24, 2.45) is 0 Å². The zero-order chi connectivity index (χ0) is 21.3. The standard InChI is InChI=1S/C22H17ClN2O4S/c1-2-29-16-9-5-14(6-10-16)19(26)17-18(13-3-7-15(23)8-4-13)25(21(28)20(17)27)22-24-11-12-30-22/h3-12,18,26H,2H2,1H3. The van der Waals surface area contributed by atoms with E-state index in [0.29, 0.717) is 33.6 Å². The van der Waals surface area contributed by atoms with Crippen molar-refractivity contribution in [3.05, 3.63) is 81.8 Å². The average molecular weight is 441 g/mol. The number of ether oxygens (including phenoxy) is 1. The first-order valence-electron chi connectivity index (χ1n) is 9.20. The number of ketones is 1. The maximum atomic E-state index is 13.0. The van der Waals surface area contributed by atoms with Gasteiger partial charge in [-0.15, -0.1) is 11.3 Å². The Morgan fingerprint density at radius 1 is 1.17 bits per heavy atom. The predicted molar refractivity (Wildman–Crippen MR) is 116 cm³/mol. The molecule has 152 valence electrons. The van der Waals surface area contributed by atoms with Gasteiger partial charge in [-0.05, 0) is 48.9 Å². The molecule has 0 spiro atoms. The molecule has 0 bridgehead atoms. The topological polar surface area (TPSA) is 79.7 Å². The van der Waals surface area contributed by atoms with E-state index in [1.54, 1.807) is 60.1 Å². The number of anilines is 1. The monoisotopic (exact) mass is 440 g/mol. The Labute approximate surface area is 182 Å². The maximum absolute atomic E-state index is 13.0. The fourth-order valence-corrected chi connectivity index (χ4v) is 4.15. The van der Waals surface area contributed by atoms with Crippen molar-refractivity contribution in [2.45, 2.75) is 13.0 Å². The zero-order valence-corrected chi connectivity index (χ0v) is 17.5. The summed E-state index contributed by atoms with van der Waals surface area (Å²) in [7, 11) is 0. The van der Waals surface area contributed by atoms with Crippen molar-refractivity contribution in [1.82, 2.24) is 4.98 Å². The van der Waals surface area contributed by atoms with Crippen molar-refractivity contribution in [3.63, 3.8) is 0 Å². The van der Waals surface area contributed by atoms with Gasteiger partial charge in [0.2, 0.25) is 0 Å². The summed E-state index contributed by atoms with van der Waals surface area (Å²) in [6.07, 6.45) is 1.56. The molecule has 8 heteroatoms. The molecule has 1 atom stereocenters. The van der Waals surface area contributed by atoms with Gasteiger partial charge in [-0.3, -0.25) is 14.5 Å². The molecule has 2 heterocycles. The number of aromatic nitrogens is 1. The number of hydrogen-bond donors (Lipinski definition) is 1. The molecule has 1 N–H and O–H groups in total. The van der Waals surface area contributed by atoms with E-state index in [2.05, 4.69) is 4.98 Å². The summed E-state index contributed by atoms with van der Waals surface area (Å²) >= 11 is 7.26. The minimum absolute atomic E-state index is 0.00156. The lowest BCUT2D eigenvalue weighted by molar-refractivity contribution is -0.132. The van der Waals surface area contributed by atoms with Crippen LogP contribution >= 0.6 is 22.9 Å². The van der Waals surface area contributed by atoms with Crippen molar-refractivity contribution >= 4 is 45.5 Å². The second kappa shape index (κ2) is 8.30. The van der Waals surface area contributed by atoms with E-state index in [4.69, 9.17) is 16.3 Å². The fourth-order valence-electron chi connectivity index (χ4n) is 3.36. The Morgan fingerprint density at radius 3 is 2.47 bits per heavy atom. The van der Waals surface area contributed by atoms with Crippen LogP contribution in [0.2, 0.25) is 5.02 Å². The highest BCUT2D eigenvalue weighted by molar-refractivity contribution is 7.14. The first-order valence-corrected chi connectivity index (χ1v) is 10.5. The number of carbonyl (C=O) groups excluding carboxylic acids is 2. The third-order valence-electron chi connectivity index (χ3n) is 4.69. The molecule has 1 unspecified atom stereocenters. The molecule has 1 fully saturated rings. The number of nitrogens with zero attached hydrogens (tertiary/aromatic N) is 2. The van der Waals surface area contributed by atoms with Gasteiger partial charge in [0, 0.05) is 22.2 Å². The van der Waals surface area contributed by atoms with Gasteiger partial charge in [-0.1, -0.05) is 23.7 Å². The van der Waals surface area contributed by atoms with Gasteiger partial charge in [0.25, 0.3) is 5.78 Å². The van der Waals surface area contributed by atoms with E-state index in [1.807, 2.05) is 6.92 Å². The third kappa shape index (κ3) is 3.58. The number of benzene rings is 2. The van der Waals surface area contributed by atoms with Crippen molar-refractivity contribution in [2.75, 3.05) is 11.5 Å². The summed E-state index contributed by atoms with van der Waals surface area (Å²) in [6, 6.07) is 12.7. The van der Waals surface area contributed by atoms with Crippen LogP contribution in [0.15, 0.2) is 65.7 Å². The number of hydrogen-bond acceptors (Lipinski definition) is 6.